The van der Waals surface area contributed by atoms with Crippen molar-refractivity contribution in [3.05, 3.63) is 46.4 Å². The molecule has 0 aromatic carbocycles. The minimum absolute atomic E-state index is 0.0691. The number of aliphatic hydroxyl groups excluding tert-OH is 1. The Kier molecular flexibility index (Phi) is 6.29. The van der Waals surface area contributed by atoms with E-state index in [9.17, 15) is 9.59 Å². The zero-order valence-corrected chi connectivity index (χ0v) is 17.5. The summed E-state index contributed by atoms with van der Waals surface area (Å²) in [4.78, 5) is 33.7. The van der Waals surface area contributed by atoms with Gasteiger partial charge in [-0.05, 0) is 31.9 Å². The fraction of sp³-hybridized carbons (Fsp3) is 0.619. The number of nitrogens with zero attached hydrogens (tertiary/aromatic N) is 6. The lowest BCUT2D eigenvalue weighted by atomic mass is 9.82. The van der Waals surface area contributed by atoms with Crippen LogP contribution in [0.1, 0.15) is 36.4 Å². The molecule has 4 heterocycles. The Labute approximate surface area is 175 Å². The molecule has 2 aromatic heterocycles. The van der Waals surface area contributed by atoms with Gasteiger partial charge in [0.1, 0.15) is 12.7 Å². The van der Waals surface area contributed by atoms with Gasteiger partial charge in [-0.2, -0.15) is 5.10 Å². The number of amides is 1. The van der Waals surface area contributed by atoms with Crippen LogP contribution in [0.5, 0.6) is 0 Å². The number of rotatable bonds is 8. The molecule has 0 radical (unpaired) electrons. The van der Waals surface area contributed by atoms with Gasteiger partial charge >= 0.3 is 0 Å². The van der Waals surface area contributed by atoms with Gasteiger partial charge in [-0.3, -0.25) is 19.2 Å². The molecule has 4 rings (SSSR count). The summed E-state index contributed by atoms with van der Waals surface area (Å²) in [6.45, 7) is 3.92. The summed E-state index contributed by atoms with van der Waals surface area (Å²) in [5, 5.41) is 13.2. The summed E-state index contributed by atoms with van der Waals surface area (Å²) in [5.41, 5.74) is 1.88. The van der Waals surface area contributed by atoms with E-state index in [4.69, 9.17) is 5.11 Å². The highest BCUT2D eigenvalue weighted by Gasteiger charge is 2.36. The topological polar surface area (TPSA) is 96.5 Å². The number of carbonyl (C=O) groups is 1. The van der Waals surface area contributed by atoms with E-state index in [1.165, 1.54) is 6.33 Å². The van der Waals surface area contributed by atoms with E-state index < -0.39 is 0 Å². The van der Waals surface area contributed by atoms with Crippen molar-refractivity contribution in [3.63, 3.8) is 0 Å². The molecule has 2 aliphatic rings. The number of likely N-dealkylation sites (tertiary alicyclic amines) is 1. The molecule has 2 bridgehead atoms. The Morgan fingerprint density at radius 1 is 1.30 bits per heavy atom. The van der Waals surface area contributed by atoms with Crippen molar-refractivity contribution >= 4 is 5.91 Å². The Bertz CT molecular complexity index is 925. The number of carbonyl (C=O) groups excluding carboxylic acids is 1. The van der Waals surface area contributed by atoms with Gasteiger partial charge in [-0.1, -0.05) is 6.07 Å². The van der Waals surface area contributed by atoms with Crippen molar-refractivity contribution in [2.24, 2.45) is 5.92 Å². The predicted molar refractivity (Wildman–Crippen MR) is 111 cm³/mol. The van der Waals surface area contributed by atoms with Gasteiger partial charge in [0.05, 0.1) is 6.61 Å². The van der Waals surface area contributed by atoms with E-state index in [2.05, 4.69) is 16.1 Å². The molecule has 2 atom stereocenters. The van der Waals surface area contributed by atoms with Crippen molar-refractivity contribution in [2.45, 2.75) is 44.8 Å². The summed E-state index contributed by atoms with van der Waals surface area (Å²) in [5.74, 6) is 0.718. The SMILES string of the molecule is CN(CCO)Cc1ccc2n(c1=O)C[C@H]1C[C@@H]2CN(C(=O)CCCn2cncn2)C1. The quantitative estimate of drug-likeness (QED) is 0.667. The van der Waals surface area contributed by atoms with E-state index in [1.807, 2.05) is 27.5 Å². The molecule has 162 valence electrons. The van der Waals surface area contributed by atoms with E-state index in [-0.39, 0.29) is 24.0 Å². The molecule has 0 saturated carbocycles. The van der Waals surface area contributed by atoms with Crippen LogP contribution in [-0.2, 0) is 24.4 Å². The number of likely N-dealkylation sites (N-methyl/N-ethyl adjacent to an activating group) is 1. The van der Waals surface area contributed by atoms with Gasteiger partial charge in [0.25, 0.3) is 5.56 Å². The zero-order valence-electron chi connectivity index (χ0n) is 17.5. The molecule has 0 aliphatic carbocycles. The van der Waals surface area contributed by atoms with Gasteiger partial charge < -0.3 is 14.6 Å². The number of aryl methyl sites for hydroxylation is 1. The fourth-order valence-electron chi connectivity index (χ4n) is 4.75. The Hall–Kier alpha value is -2.52. The van der Waals surface area contributed by atoms with Gasteiger partial charge in [0.2, 0.25) is 5.91 Å². The highest BCUT2D eigenvalue weighted by molar-refractivity contribution is 5.76. The van der Waals surface area contributed by atoms with Crippen LogP contribution in [-0.4, -0.2) is 73.4 Å². The van der Waals surface area contributed by atoms with Gasteiger partial charge in [0, 0.05) is 62.9 Å². The first-order valence-corrected chi connectivity index (χ1v) is 10.7. The minimum Gasteiger partial charge on any atom is -0.395 e. The Morgan fingerprint density at radius 2 is 2.17 bits per heavy atom. The smallest absolute Gasteiger partial charge is 0.255 e. The first-order valence-electron chi connectivity index (χ1n) is 10.7. The molecule has 2 aromatic rings. The van der Waals surface area contributed by atoms with Crippen LogP contribution in [0.25, 0.3) is 0 Å². The average molecular weight is 415 g/mol. The van der Waals surface area contributed by atoms with Crippen LogP contribution < -0.4 is 5.56 Å². The summed E-state index contributed by atoms with van der Waals surface area (Å²) in [6.07, 6.45) is 5.45. The Morgan fingerprint density at radius 3 is 2.93 bits per heavy atom. The molecule has 0 unspecified atom stereocenters. The molecule has 30 heavy (non-hydrogen) atoms. The lowest BCUT2D eigenvalue weighted by Gasteiger charge is -2.43. The molecule has 2 aliphatic heterocycles. The zero-order chi connectivity index (χ0) is 21.1. The van der Waals surface area contributed by atoms with E-state index in [0.29, 0.717) is 45.1 Å². The van der Waals surface area contributed by atoms with Crippen LogP contribution in [0.2, 0.25) is 0 Å². The van der Waals surface area contributed by atoms with Crippen molar-refractivity contribution < 1.29 is 9.90 Å². The number of pyridine rings is 1. The number of piperidine rings is 1. The molecule has 1 saturated heterocycles. The number of hydrogen-bond donors (Lipinski definition) is 1. The third kappa shape index (κ3) is 4.46. The fourth-order valence-corrected chi connectivity index (χ4v) is 4.75. The first kappa shape index (κ1) is 20.7. The molecule has 0 spiro atoms. The molecule has 9 nitrogen and oxygen atoms in total. The van der Waals surface area contributed by atoms with Gasteiger partial charge in [-0.15, -0.1) is 0 Å². The second kappa shape index (κ2) is 9.09. The lowest BCUT2D eigenvalue weighted by Crippen LogP contribution is -2.49. The van der Waals surface area contributed by atoms with E-state index >= 15 is 0 Å². The molecular weight excluding hydrogens is 384 g/mol. The number of aromatic nitrogens is 4. The summed E-state index contributed by atoms with van der Waals surface area (Å²) in [7, 11) is 1.90. The number of fused-ring (bicyclic) bond motifs is 4. The maximum absolute atomic E-state index is 13.0. The third-order valence-electron chi connectivity index (χ3n) is 6.20. The van der Waals surface area contributed by atoms with Crippen LogP contribution in [0.15, 0.2) is 29.6 Å². The minimum atomic E-state index is 0.0691. The second-order valence-corrected chi connectivity index (χ2v) is 8.52. The van der Waals surface area contributed by atoms with Gasteiger partial charge in [0.15, 0.2) is 0 Å². The monoisotopic (exact) mass is 414 g/mol. The van der Waals surface area contributed by atoms with Crippen molar-refractivity contribution in [1.29, 1.82) is 0 Å². The van der Waals surface area contributed by atoms with Crippen LogP contribution in [0.4, 0.5) is 0 Å². The highest BCUT2D eigenvalue weighted by atomic mass is 16.3. The molecule has 1 fully saturated rings. The summed E-state index contributed by atoms with van der Waals surface area (Å²) in [6, 6.07) is 3.98. The van der Waals surface area contributed by atoms with Gasteiger partial charge in [-0.25, -0.2) is 4.98 Å². The van der Waals surface area contributed by atoms with E-state index in [1.54, 1.807) is 11.0 Å². The van der Waals surface area contributed by atoms with Crippen LogP contribution >= 0.6 is 0 Å². The summed E-state index contributed by atoms with van der Waals surface area (Å²) >= 11 is 0. The highest BCUT2D eigenvalue weighted by Crippen LogP contribution is 2.35. The predicted octanol–water partition coefficient (Wildman–Crippen LogP) is 0.290. The maximum atomic E-state index is 13.0. The van der Waals surface area contributed by atoms with E-state index in [0.717, 1.165) is 30.6 Å². The Balaban J connectivity index is 1.41. The van der Waals surface area contributed by atoms with Crippen molar-refractivity contribution in [2.75, 3.05) is 33.3 Å². The first-order chi connectivity index (χ1) is 14.5. The molecule has 9 heteroatoms. The average Bonchev–Trinajstić information content (AvgIpc) is 3.24. The molecule has 1 amide bonds. The van der Waals surface area contributed by atoms with Crippen molar-refractivity contribution in [1.82, 2.24) is 29.1 Å². The van der Waals surface area contributed by atoms with Crippen LogP contribution in [0, 0.1) is 5.92 Å². The standard InChI is InChI=1S/C21H30N6O3/c1-24(7-8-28)12-17-4-5-19-18-9-16(11-27(19)21(17)30)10-25(13-18)20(29)3-2-6-26-15-22-14-23-26/h4-5,14-16,18,28H,2-3,6-13H2,1H3/t16-,18+/m0/s1. The second-order valence-electron chi connectivity index (χ2n) is 8.52. The third-order valence-corrected chi connectivity index (χ3v) is 6.20. The van der Waals surface area contributed by atoms with Crippen molar-refractivity contribution in [3.8, 4) is 0 Å². The molecular formula is C21H30N6O3. The number of aliphatic hydroxyl groups is 1. The number of hydrogen-bond acceptors (Lipinski definition) is 6. The molecule has 1 N–H and O–H groups in total. The van der Waals surface area contributed by atoms with Crippen LogP contribution in [0.3, 0.4) is 0 Å². The summed E-state index contributed by atoms with van der Waals surface area (Å²) < 4.78 is 3.67. The largest absolute Gasteiger partial charge is 0.395 e. The maximum Gasteiger partial charge on any atom is 0.255 e. The normalized spacial score (nSPS) is 20.4. The lowest BCUT2D eigenvalue weighted by molar-refractivity contribution is -0.134.